The molecule has 2 aromatic rings. The van der Waals surface area contributed by atoms with Crippen LogP contribution in [0.1, 0.15) is 62.4 Å². The number of rotatable bonds is 13. The molecule has 0 saturated carbocycles. The number of nitrogens with one attached hydrogen (secondary N) is 1. The van der Waals surface area contributed by atoms with Crippen molar-refractivity contribution in [1.29, 1.82) is 0 Å². The van der Waals surface area contributed by atoms with E-state index in [1.165, 1.54) is 34.7 Å². The van der Waals surface area contributed by atoms with E-state index in [-0.39, 0.29) is 53.8 Å². The molecule has 1 aromatic heterocycles. The number of likely N-dealkylation sites (tertiary alicyclic amines) is 1. The van der Waals surface area contributed by atoms with Gasteiger partial charge in [0.15, 0.2) is 0 Å². The van der Waals surface area contributed by atoms with Crippen LogP contribution < -0.4 is 10.9 Å². The largest absolute Gasteiger partial charge is 0.453 e. The number of amides is 2. The molecule has 4 atom stereocenters. The molecule has 3 saturated heterocycles. The second kappa shape index (κ2) is 15.4. The Hall–Kier alpha value is -3.08. The van der Waals surface area contributed by atoms with E-state index in [0.29, 0.717) is 39.1 Å². The smallest absolute Gasteiger partial charge is 0.409 e. The molecule has 15 heteroatoms. The summed E-state index contributed by atoms with van der Waals surface area (Å²) >= 11 is 0. The summed E-state index contributed by atoms with van der Waals surface area (Å²) in [4.78, 5) is 45.5. The average Bonchev–Trinajstić information content (AvgIpc) is 3.62. The Morgan fingerprint density at radius 3 is 2.39 bits per heavy atom. The summed E-state index contributed by atoms with van der Waals surface area (Å²) in [6.07, 6.45) is 2.72. The molecule has 1 unspecified atom stereocenters. The van der Waals surface area contributed by atoms with Gasteiger partial charge in [-0.2, -0.15) is 17.0 Å². The number of ether oxygens (including phenoxy) is 1. The Balaban J connectivity index is 1.15. The van der Waals surface area contributed by atoms with E-state index in [1.807, 2.05) is 38.1 Å². The molecule has 0 aliphatic carbocycles. The zero-order valence-electron chi connectivity index (χ0n) is 29.6. The van der Waals surface area contributed by atoms with Crippen molar-refractivity contribution >= 4 is 33.1 Å². The van der Waals surface area contributed by atoms with Gasteiger partial charge >= 0.3 is 6.09 Å². The van der Waals surface area contributed by atoms with Gasteiger partial charge in [0.05, 0.1) is 25.3 Å². The number of methoxy groups -OCH3 is 1. The van der Waals surface area contributed by atoms with Gasteiger partial charge in [0.25, 0.3) is 21.7 Å². The molecular weight excluding hydrogens is 650 g/mol. The van der Waals surface area contributed by atoms with Crippen LogP contribution in [0.4, 0.5) is 4.79 Å². The van der Waals surface area contributed by atoms with Gasteiger partial charge in [-0.1, -0.05) is 18.2 Å². The van der Waals surface area contributed by atoms with Crippen molar-refractivity contribution < 1.29 is 27.9 Å². The van der Waals surface area contributed by atoms with Crippen molar-refractivity contribution in [3.63, 3.8) is 0 Å². The third-order valence-electron chi connectivity index (χ3n) is 10.5. The van der Waals surface area contributed by atoms with Gasteiger partial charge in [-0.3, -0.25) is 19.4 Å². The zero-order chi connectivity index (χ0) is 35.6. The molecule has 3 aliphatic heterocycles. The highest BCUT2D eigenvalue weighted by atomic mass is 32.2. The van der Waals surface area contributed by atoms with Gasteiger partial charge < -0.3 is 24.6 Å². The molecule has 272 valence electrons. The molecule has 14 nitrogen and oxygen atoms in total. The van der Waals surface area contributed by atoms with Crippen LogP contribution in [0, 0.1) is 0 Å². The fourth-order valence-electron chi connectivity index (χ4n) is 7.88. The predicted molar refractivity (Wildman–Crippen MR) is 188 cm³/mol. The highest BCUT2D eigenvalue weighted by Gasteiger charge is 2.42. The first-order valence-corrected chi connectivity index (χ1v) is 18.7. The molecule has 49 heavy (non-hydrogen) atoms. The summed E-state index contributed by atoms with van der Waals surface area (Å²) in [6.45, 7) is 6.52. The normalized spacial score (nSPS) is 23.9. The number of piperidine rings is 1. The molecule has 3 fully saturated rings. The fourth-order valence-corrected chi connectivity index (χ4v) is 8.94. The summed E-state index contributed by atoms with van der Waals surface area (Å²) in [6, 6.07) is 9.30. The fraction of sp³-hybridized carbons (Fsp3) is 0.676. The quantitative estimate of drug-likeness (QED) is 0.317. The SMILES string of the molecule is COC(=O)N(CCN1CC[C@@H](N(C)S(=O)(=O)N(C)C)C1)CC(O)CN1[C@H]2CC[C@H]1CC(NC(=O)c1cc3ccccc3n(C(C)C)c1=O)C2. The molecule has 0 radical (unpaired) electrons. The molecule has 4 heterocycles. The van der Waals surface area contributed by atoms with Gasteiger partial charge in [0, 0.05) is 77.5 Å². The Bertz CT molecular complexity index is 1650. The first-order valence-electron chi connectivity index (χ1n) is 17.3. The number of benzene rings is 1. The van der Waals surface area contributed by atoms with Crippen LogP contribution in [0.5, 0.6) is 0 Å². The van der Waals surface area contributed by atoms with Gasteiger partial charge in [-0.15, -0.1) is 0 Å². The number of aromatic nitrogens is 1. The molecule has 2 bridgehead atoms. The third-order valence-corrected chi connectivity index (χ3v) is 12.4. The average molecular weight is 704 g/mol. The van der Waals surface area contributed by atoms with Gasteiger partial charge in [-0.25, -0.2) is 4.79 Å². The maximum atomic E-state index is 13.5. The summed E-state index contributed by atoms with van der Waals surface area (Å²) in [5.74, 6) is -0.355. The maximum Gasteiger partial charge on any atom is 0.409 e. The second-order valence-corrected chi connectivity index (χ2v) is 16.4. The second-order valence-electron chi connectivity index (χ2n) is 14.2. The minimum Gasteiger partial charge on any atom is -0.453 e. The van der Waals surface area contributed by atoms with Crippen LogP contribution in [0.15, 0.2) is 35.1 Å². The maximum absolute atomic E-state index is 13.5. The van der Waals surface area contributed by atoms with E-state index in [2.05, 4.69) is 15.1 Å². The molecular formula is C34H53N7O7S. The summed E-state index contributed by atoms with van der Waals surface area (Å²) in [5, 5.41) is 15.2. The predicted octanol–water partition coefficient (Wildman–Crippen LogP) is 1.55. The lowest BCUT2D eigenvalue weighted by Gasteiger charge is -2.40. The van der Waals surface area contributed by atoms with E-state index < -0.39 is 22.4 Å². The van der Waals surface area contributed by atoms with E-state index in [1.54, 1.807) is 17.7 Å². The van der Waals surface area contributed by atoms with Crippen LogP contribution in [0.25, 0.3) is 10.9 Å². The van der Waals surface area contributed by atoms with E-state index in [4.69, 9.17) is 4.74 Å². The Kier molecular flexibility index (Phi) is 11.7. The monoisotopic (exact) mass is 703 g/mol. The minimum absolute atomic E-state index is 0.0839. The van der Waals surface area contributed by atoms with Crippen molar-refractivity contribution in [3.8, 4) is 0 Å². The van der Waals surface area contributed by atoms with E-state index >= 15 is 0 Å². The number of hydrogen-bond donors (Lipinski definition) is 2. The molecule has 2 amide bonds. The number of para-hydroxylation sites is 1. The first kappa shape index (κ1) is 37.2. The van der Waals surface area contributed by atoms with E-state index in [0.717, 1.165) is 36.6 Å². The standard InChI is InChI=1S/C34H53N7O7S/c1-23(2)41-31-10-8-7-9-24(31)17-30(33(41)44)32(43)35-25-18-26-11-12-27(19-25)40(26)22-29(42)21-39(34(45)48-6)16-15-38-14-13-28(20-38)37(5)49(46,47)36(3)4/h7-10,17,23,25-29,42H,11-16,18-22H2,1-6H3,(H,35,43)/t26-,27-,28+,29?/m0/s1. The van der Waals surface area contributed by atoms with Crippen molar-refractivity contribution in [1.82, 2.24) is 33.2 Å². The summed E-state index contributed by atoms with van der Waals surface area (Å²) < 4.78 is 34.4. The van der Waals surface area contributed by atoms with Gasteiger partial charge in [0.1, 0.15) is 5.56 Å². The number of nitrogens with zero attached hydrogens (tertiary/aromatic N) is 6. The van der Waals surface area contributed by atoms with Crippen LogP contribution >= 0.6 is 0 Å². The highest BCUT2D eigenvalue weighted by Crippen LogP contribution is 2.36. The summed E-state index contributed by atoms with van der Waals surface area (Å²) in [5.41, 5.74) is 0.662. The number of aliphatic hydroxyl groups excluding tert-OH is 1. The molecule has 5 rings (SSSR count). The van der Waals surface area contributed by atoms with Crippen molar-refractivity contribution in [2.45, 2.75) is 82.3 Å². The zero-order valence-corrected chi connectivity index (χ0v) is 30.4. The lowest BCUT2D eigenvalue weighted by molar-refractivity contribution is 0.0301. The van der Waals surface area contributed by atoms with Gasteiger partial charge in [0.2, 0.25) is 0 Å². The molecule has 3 aliphatic rings. The molecule has 0 spiro atoms. The van der Waals surface area contributed by atoms with Crippen molar-refractivity contribution in [3.05, 3.63) is 46.2 Å². The van der Waals surface area contributed by atoms with Crippen LogP contribution in [0.2, 0.25) is 0 Å². The number of likely N-dealkylation sites (N-methyl/N-ethyl adjacent to an activating group) is 1. The van der Waals surface area contributed by atoms with E-state index in [9.17, 15) is 27.9 Å². The number of carbonyl (C=O) groups is 2. The topological polar surface area (TPSA) is 148 Å². The van der Waals surface area contributed by atoms with Crippen LogP contribution in [-0.4, -0.2) is 151 Å². The van der Waals surface area contributed by atoms with Crippen LogP contribution in [-0.2, 0) is 14.9 Å². The third kappa shape index (κ3) is 8.12. The number of aliphatic hydroxyl groups is 1. The minimum atomic E-state index is -3.52. The summed E-state index contributed by atoms with van der Waals surface area (Å²) in [7, 11) is 2.43. The number of pyridine rings is 1. The lowest BCUT2D eigenvalue weighted by atomic mass is 9.96. The number of fused-ring (bicyclic) bond motifs is 3. The molecule has 1 aromatic carbocycles. The Morgan fingerprint density at radius 1 is 1.08 bits per heavy atom. The van der Waals surface area contributed by atoms with Crippen LogP contribution in [0.3, 0.4) is 0 Å². The lowest BCUT2D eigenvalue weighted by Crippen LogP contribution is -2.54. The molecule has 2 N–H and O–H groups in total. The Morgan fingerprint density at radius 2 is 1.76 bits per heavy atom. The Labute approximate surface area is 289 Å². The number of carbonyl (C=O) groups excluding carboxylic acids is 2. The first-order chi connectivity index (χ1) is 23.2. The van der Waals surface area contributed by atoms with Crippen molar-refractivity contribution in [2.75, 3.05) is 67.5 Å². The van der Waals surface area contributed by atoms with Crippen molar-refractivity contribution in [2.24, 2.45) is 0 Å². The highest BCUT2D eigenvalue weighted by molar-refractivity contribution is 7.86. The van der Waals surface area contributed by atoms with Gasteiger partial charge in [-0.05, 0) is 70.0 Å². The number of hydrogen-bond acceptors (Lipinski definition) is 9.